The van der Waals surface area contributed by atoms with Crippen molar-refractivity contribution in [3.8, 4) is 5.88 Å². The van der Waals surface area contributed by atoms with Crippen molar-refractivity contribution in [3.05, 3.63) is 23.4 Å². The number of ether oxygens (including phenoxy) is 1. The number of nitrogens with two attached hydrogens (primary N) is 1. The maximum Gasteiger partial charge on any atom is 0.214 e. The summed E-state index contributed by atoms with van der Waals surface area (Å²) in [5.74, 6) is 1.23. The standard InChI is InChI=1S/C12H18N2OS/c1-8(2)4-5-15-11-7-10(12(13)16)6-9(3)14-11/h6-8H,4-5H2,1-3H3,(H2,13,16). The summed E-state index contributed by atoms with van der Waals surface area (Å²) in [5.41, 5.74) is 7.25. The van der Waals surface area contributed by atoms with Crippen LogP contribution in [0.5, 0.6) is 5.88 Å². The van der Waals surface area contributed by atoms with Gasteiger partial charge in [-0.3, -0.25) is 0 Å². The van der Waals surface area contributed by atoms with Crippen molar-refractivity contribution in [2.45, 2.75) is 27.2 Å². The monoisotopic (exact) mass is 238 g/mol. The van der Waals surface area contributed by atoms with Crippen LogP contribution in [0.3, 0.4) is 0 Å². The van der Waals surface area contributed by atoms with Gasteiger partial charge in [0.1, 0.15) is 4.99 Å². The first-order chi connectivity index (χ1) is 7.49. The maximum absolute atomic E-state index is 5.58. The Morgan fingerprint density at radius 2 is 2.19 bits per heavy atom. The van der Waals surface area contributed by atoms with Crippen LogP contribution >= 0.6 is 12.2 Å². The zero-order chi connectivity index (χ0) is 12.1. The van der Waals surface area contributed by atoms with Gasteiger partial charge in [0.05, 0.1) is 6.61 Å². The fourth-order valence-electron chi connectivity index (χ4n) is 1.25. The summed E-state index contributed by atoms with van der Waals surface area (Å²) in [5, 5.41) is 0. The molecular formula is C12H18N2OS. The summed E-state index contributed by atoms with van der Waals surface area (Å²) >= 11 is 4.93. The molecule has 1 rings (SSSR count). The fourth-order valence-corrected chi connectivity index (χ4v) is 1.37. The van der Waals surface area contributed by atoms with Crippen molar-refractivity contribution in [1.29, 1.82) is 0 Å². The quantitative estimate of drug-likeness (QED) is 0.800. The largest absolute Gasteiger partial charge is 0.478 e. The van der Waals surface area contributed by atoms with E-state index in [1.54, 1.807) is 6.07 Å². The lowest BCUT2D eigenvalue weighted by molar-refractivity contribution is 0.279. The minimum Gasteiger partial charge on any atom is -0.478 e. The van der Waals surface area contributed by atoms with Gasteiger partial charge in [0, 0.05) is 17.3 Å². The lowest BCUT2D eigenvalue weighted by atomic mass is 10.1. The molecule has 0 fully saturated rings. The molecule has 0 aliphatic carbocycles. The number of pyridine rings is 1. The van der Waals surface area contributed by atoms with Gasteiger partial charge in [0.15, 0.2) is 0 Å². The second-order valence-electron chi connectivity index (χ2n) is 4.23. The Morgan fingerprint density at radius 3 is 2.75 bits per heavy atom. The minimum absolute atomic E-state index is 0.374. The van der Waals surface area contributed by atoms with E-state index in [1.807, 2.05) is 13.0 Å². The van der Waals surface area contributed by atoms with Crippen molar-refractivity contribution in [2.75, 3.05) is 6.61 Å². The van der Waals surface area contributed by atoms with E-state index in [4.69, 9.17) is 22.7 Å². The molecule has 2 N–H and O–H groups in total. The number of rotatable bonds is 5. The molecule has 0 atom stereocenters. The van der Waals surface area contributed by atoms with Crippen LogP contribution in [-0.2, 0) is 0 Å². The van der Waals surface area contributed by atoms with Gasteiger partial charge in [0.25, 0.3) is 0 Å². The normalized spacial score (nSPS) is 10.5. The van der Waals surface area contributed by atoms with E-state index in [1.165, 1.54) is 0 Å². The predicted molar refractivity (Wildman–Crippen MR) is 69.8 cm³/mol. The SMILES string of the molecule is Cc1cc(C(N)=S)cc(OCCC(C)C)n1. The van der Waals surface area contributed by atoms with Crippen LogP contribution in [0.15, 0.2) is 12.1 Å². The van der Waals surface area contributed by atoms with Gasteiger partial charge in [-0.2, -0.15) is 0 Å². The lowest BCUT2D eigenvalue weighted by Gasteiger charge is -2.09. The van der Waals surface area contributed by atoms with Gasteiger partial charge >= 0.3 is 0 Å². The molecule has 1 heterocycles. The summed E-state index contributed by atoms with van der Waals surface area (Å²) in [7, 11) is 0. The molecule has 0 aromatic carbocycles. The number of hydrogen-bond donors (Lipinski definition) is 1. The molecule has 0 saturated carbocycles. The maximum atomic E-state index is 5.58. The first-order valence-electron chi connectivity index (χ1n) is 5.40. The van der Waals surface area contributed by atoms with E-state index >= 15 is 0 Å². The average Bonchev–Trinajstić information content (AvgIpc) is 2.16. The van der Waals surface area contributed by atoms with Gasteiger partial charge in [-0.1, -0.05) is 26.1 Å². The number of nitrogens with zero attached hydrogens (tertiary/aromatic N) is 1. The van der Waals surface area contributed by atoms with E-state index in [9.17, 15) is 0 Å². The number of aryl methyl sites for hydroxylation is 1. The third-order valence-electron chi connectivity index (χ3n) is 2.16. The number of aromatic nitrogens is 1. The summed E-state index contributed by atoms with van der Waals surface area (Å²) in [6, 6.07) is 3.65. The third-order valence-corrected chi connectivity index (χ3v) is 2.40. The molecule has 4 heteroatoms. The van der Waals surface area contributed by atoms with Gasteiger partial charge in [-0.05, 0) is 25.3 Å². The molecule has 0 bridgehead atoms. The van der Waals surface area contributed by atoms with Crippen LogP contribution in [0.4, 0.5) is 0 Å². The Labute approximate surface area is 102 Å². The Hall–Kier alpha value is -1.16. The van der Waals surface area contributed by atoms with Gasteiger partial charge in [-0.25, -0.2) is 4.98 Å². The number of hydrogen-bond acceptors (Lipinski definition) is 3. The molecule has 1 aromatic heterocycles. The zero-order valence-electron chi connectivity index (χ0n) is 9.99. The van der Waals surface area contributed by atoms with Gasteiger partial charge in [0.2, 0.25) is 5.88 Å². The number of thiocarbonyl (C=S) groups is 1. The van der Waals surface area contributed by atoms with Gasteiger partial charge < -0.3 is 10.5 Å². The summed E-state index contributed by atoms with van der Waals surface area (Å²) in [4.78, 5) is 4.65. The third kappa shape index (κ3) is 4.14. The highest BCUT2D eigenvalue weighted by Gasteiger charge is 2.04. The van der Waals surface area contributed by atoms with Gasteiger partial charge in [-0.15, -0.1) is 0 Å². The van der Waals surface area contributed by atoms with Crippen LogP contribution in [0.2, 0.25) is 0 Å². The topological polar surface area (TPSA) is 48.1 Å². The Kier molecular flexibility index (Phi) is 4.68. The van der Waals surface area contributed by atoms with E-state index in [-0.39, 0.29) is 0 Å². The molecule has 3 nitrogen and oxygen atoms in total. The van der Waals surface area contributed by atoms with E-state index in [2.05, 4.69) is 18.8 Å². The molecule has 0 radical (unpaired) electrons. The van der Waals surface area contributed by atoms with Crippen molar-refractivity contribution < 1.29 is 4.74 Å². The minimum atomic E-state index is 0.374. The summed E-state index contributed by atoms with van der Waals surface area (Å²) in [6.45, 7) is 6.89. The van der Waals surface area contributed by atoms with Crippen molar-refractivity contribution in [1.82, 2.24) is 4.98 Å². The molecular weight excluding hydrogens is 220 g/mol. The van der Waals surface area contributed by atoms with Crippen molar-refractivity contribution in [2.24, 2.45) is 11.7 Å². The first kappa shape index (κ1) is 12.9. The molecule has 0 aliphatic rings. The fraction of sp³-hybridized carbons (Fsp3) is 0.500. The van der Waals surface area contributed by atoms with E-state index in [0.29, 0.717) is 23.4 Å². The molecule has 0 aliphatic heterocycles. The Balaban J connectivity index is 2.69. The van der Waals surface area contributed by atoms with E-state index in [0.717, 1.165) is 17.7 Å². The second kappa shape index (κ2) is 5.80. The lowest BCUT2D eigenvalue weighted by Crippen LogP contribution is -2.11. The predicted octanol–water partition coefficient (Wildman–Crippen LogP) is 2.45. The van der Waals surface area contributed by atoms with Crippen molar-refractivity contribution in [3.63, 3.8) is 0 Å². The van der Waals surface area contributed by atoms with Crippen LogP contribution in [0.25, 0.3) is 0 Å². The van der Waals surface area contributed by atoms with Crippen LogP contribution in [-0.4, -0.2) is 16.6 Å². The Morgan fingerprint density at radius 1 is 1.50 bits per heavy atom. The molecule has 88 valence electrons. The second-order valence-corrected chi connectivity index (χ2v) is 4.67. The molecule has 0 saturated heterocycles. The van der Waals surface area contributed by atoms with Crippen LogP contribution in [0.1, 0.15) is 31.5 Å². The summed E-state index contributed by atoms with van der Waals surface area (Å²) < 4.78 is 5.56. The van der Waals surface area contributed by atoms with Crippen LogP contribution < -0.4 is 10.5 Å². The highest BCUT2D eigenvalue weighted by Crippen LogP contribution is 2.13. The van der Waals surface area contributed by atoms with E-state index < -0.39 is 0 Å². The molecule has 0 amide bonds. The smallest absolute Gasteiger partial charge is 0.214 e. The molecule has 16 heavy (non-hydrogen) atoms. The molecule has 0 unspecified atom stereocenters. The molecule has 0 spiro atoms. The zero-order valence-corrected chi connectivity index (χ0v) is 10.8. The van der Waals surface area contributed by atoms with Crippen molar-refractivity contribution >= 4 is 17.2 Å². The Bertz CT molecular complexity index is 377. The highest BCUT2D eigenvalue weighted by atomic mass is 32.1. The summed E-state index contributed by atoms with van der Waals surface area (Å²) in [6.07, 6.45) is 1.01. The first-order valence-corrected chi connectivity index (χ1v) is 5.81. The highest BCUT2D eigenvalue weighted by molar-refractivity contribution is 7.80. The molecule has 1 aromatic rings. The van der Waals surface area contributed by atoms with Crippen LogP contribution in [0, 0.1) is 12.8 Å². The average molecular weight is 238 g/mol.